The standard InChI is InChI=1S/C21H35N5O/c1-21(2,26-10-8-18-6-4-5-7-19(18)16-26)17-24-20(22-3)23-9-11-25-12-14-27-15-13-25/h4-7H,8-17H2,1-3H3,(H2,22,23,24). The molecule has 0 saturated carbocycles. The van der Waals surface area contributed by atoms with Gasteiger partial charge in [-0.05, 0) is 31.4 Å². The summed E-state index contributed by atoms with van der Waals surface area (Å²) in [6, 6.07) is 8.82. The number of guanidine groups is 1. The van der Waals surface area contributed by atoms with Crippen molar-refractivity contribution in [1.29, 1.82) is 0 Å². The van der Waals surface area contributed by atoms with Crippen molar-refractivity contribution in [3.63, 3.8) is 0 Å². The molecule has 0 amide bonds. The Morgan fingerprint density at radius 1 is 1.11 bits per heavy atom. The van der Waals surface area contributed by atoms with E-state index in [9.17, 15) is 0 Å². The van der Waals surface area contributed by atoms with Crippen LogP contribution in [0.1, 0.15) is 25.0 Å². The molecule has 0 aliphatic carbocycles. The number of fused-ring (bicyclic) bond motifs is 1. The Hall–Kier alpha value is -1.63. The smallest absolute Gasteiger partial charge is 0.191 e. The van der Waals surface area contributed by atoms with Crippen LogP contribution < -0.4 is 10.6 Å². The van der Waals surface area contributed by atoms with Crippen LogP contribution in [0.25, 0.3) is 0 Å². The third-order valence-corrected chi connectivity index (χ3v) is 5.72. The summed E-state index contributed by atoms with van der Waals surface area (Å²) in [5, 5.41) is 6.97. The molecule has 0 unspecified atom stereocenters. The maximum absolute atomic E-state index is 5.40. The second kappa shape index (κ2) is 9.53. The predicted octanol–water partition coefficient (Wildman–Crippen LogP) is 1.32. The Labute approximate surface area is 164 Å². The molecule has 0 spiro atoms. The first-order valence-corrected chi connectivity index (χ1v) is 10.1. The van der Waals surface area contributed by atoms with Gasteiger partial charge in [0.1, 0.15) is 0 Å². The van der Waals surface area contributed by atoms with E-state index in [1.165, 1.54) is 11.1 Å². The van der Waals surface area contributed by atoms with E-state index in [-0.39, 0.29) is 5.54 Å². The summed E-state index contributed by atoms with van der Waals surface area (Å²) in [5.74, 6) is 0.883. The molecule has 2 N–H and O–H groups in total. The Balaban J connectivity index is 1.44. The molecular formula is C21H35N5O. The lowest BCUT2D eigenvalue weighted by Gasteiger charge is -2.42. The van der Waals surface area contributed by atoms with E-state index in [0.29, 0.717) is 0 Å². The average molecular weight is 374 g/mol. The van der Waals surface area contributed by atoms with Crippen molar-refractivity contribution in [3.8, 4) is 0 Å². The van der Waals surface area contributed by atoms with E-state index in [4.69, 9.17) is 4.74 Å². The Morgan fingerprint density at radius 2 is 1.85 bits per heavy atom. The number of rotatable bonds is 6. The minimum absolute atomic E-state index is 0.0648. The molecule has 150 valence electrons. The van der Waals surface area contributed by atoms with Crippen molar-refractivity contribution >= 4 is 5.96 Å². The lowest BCUT2D eigenvalue weighted by Crippen LogP contribution is -2.55. The summed E-state index contributed by atoms with van der Waals surface area (Å²) in [5.41, 5.74) is 3.03. The molecule has 6 nitrogen and oxygen atoms in total. The lowest BCUT2D eigenvalue weighted by molar-refractivity contribution is 0.0389. The van der Waals surface area contributed by atoms with Crippen LogP contribution in [-0.4, -0.2) is 80.8 Å². The van der Waals surface area contributed by atoms with Crippen LogP contribution in [-0.2, 0) is 17.7 Å². The van der Waals surface area contributed by atoms with Crippen LogP contribution in [0, 0.1) is 0 Å². The molecule has 1 aromatic carbocycles. The molecule has 27 heavy (non-hydrogen) atoms. The first kappa shape index (κ1) is 20.1. The topological polar surface area (TPSA) is 52.1 Å². The summed E-state index contributed by atoms with van der Waals surface area (Å²) in [6.07, 6.45) is 1.13. The highest BCUT2D eigenvalue weighted by Gasteiger charge is 2.29. The van der Waals surface area contributed by atoms with Crippen LogP contribution in [0.2, 0.25) is 0 Å². The van der Waals surface area contributed by atoms with Gasteiger partial charge in [-0.25, -0.2) is 0 Å². The van der Waals surface area contributed by atoms with E-state index < -0.39 is 0 Å². The first-order chi connectivity index (χ1) is 13.1. The molecule has 0 aromatic heterocycles. The van der Waals surface area contributed by atoms with Crippen LogP contribution >= 0.6 is 0 Å². The molecule has 2 aliphatic rings. The number of morpholine rings is 1. The zero-order valence-electron chi connectivity index (χ0n) is 17.1. The van der Waals surface area contributed by atoms with Crippen molar-refractivity contribution in [1.82, 2.24) is 20.4 Å². The maximum Gasteiger partial charge on any atom is 0.191 e. The molecule has 6 heteroatoms. The molecule has 0 bridgehead atoms. The number of hydrogen-bond donors (Lipinski definition) is 2. The number of benzene rings is 1. The largest absolute Gasteiger partial charge is 0.379 e. The second-order valence-electron chi connectivity index (χ2n) is 8.06. The van der Waals surface area contributed by atoms with Crippen LogP contribution in [0.3, 0.4) is 0 Å². The SMILES string of the molecule is CN=C(NCCN1CCOCC1)NCC(C)(C)N1CCc2ccccc2C1. The molecule has 1 aromatic rings. The molecule has 0 atom stereocenters. The summed E-state index contributed by atoms with van der Waals surface area (Å²) >= 11 is 0. The van der Waals surface area contributed by atoms with Crippen molar-refractivity contribution in [2.75, 3.05) is 59.5 Å². The number of nitrogens with zero attached hydrogens (tertiary/aromatic N) is 3. The fourth-order valence-electron chi connectivity index (χ4n) is 3.80. The van der Waals surface area contributed by atoms with Gasteiger partial charge in [0.05, 0.1) is 13.2 Å². The van der Waals surface area contributed by atoms with Gasteiger partial charge >= 0.3 is 0 Å². The Bertz CT molecular complexity index is 625. The Kier molecular flexibility index (Phi) is 7.10. The summed E-state index contributed by atoms with van der Waals surface area (Å²) in [4.78, 5) is 9.39. The highest BCUT2D eigenvalue weighted by atomic mass is 16.5. The van der Waals surface area contributed by atoms with Crippen molar-refractivity contribution in [2.45, 2.75) is 32.4 Å². The third-order valence-electron chi connectivity index (χ3n) is 5.72. The van der Waals surface area contributed by atoms with E-state index in [1.807, 2.05) is 7.05 Å². The molecule has 2 aliphatic heterocycles. The number of ether oxygens (including phenoxy) is 1. The zero-order chi connectivity index (χ0) is 19.1. The zero-order valence-corrected chi connectivity index (χ0v) is 17.1. The number of aliphatic imine (C=N–C) groups is 1. The highest BCUT2D eigenvalue weighted by molar-refractivity contribution is 5.79. The monoisotopic (exact) mass is 373 g/mol. The van der Waals surface area contributed by atoms with Gasteiger partial charge in [0.15, 0.2) is 5.96 Å². The summed E-state index contributed by atoms with van der Waals surface area (Å²) in [6.45, 7) is 13.3. The molecule has 0 radical (unpaired) electrons. The van der Waals surface area contributed by atoms with Crippen molar-refractivity contribution < 1.29 is 4.74 Å². The number of hydrogen-bond acceptors (Lipinski definition) is 4. The highest BCUT2D eigenvalue weighted by Crippen LogP contribution is 2.24. The van der Waals surface area contributed by atoms with Gasteiger partial charge in [0, 0.05) is 58.4 Å². The van der Waals surface area contributed by atoms with Crippen molar-refractivity contribution in [2.24, 2.45) is 4.99 Å². The fourth-order valence-corrected chi connectivity index (χ4v) is 3.80. The van der Waals surface area contributed by atoms with E-state index in [1.54, 1.807) is 0 Å². The molecule has 2 heterocycles. The van der Waals surface area contributed by atoms with E-state index >= 15 is 0 Å². The molecule has 1 saturated heterocycles. The minimum atomic E-state index is 0.0648. The first-order valence-electron chi connectivity index (χ1n) is 10.1. The maximum atomic E-state index is 5.40. The molecule has 3 rings (SSSR count). The van der Waals surface area contributed by atoms with Crippen molar-refractivity contribution in [3.05, 3.63) is 35.4 Å². The van der Waals surface area contributed by atoms with E-state index in [0.717, 1.165) is 71.4 Å². The minimum Gasteiger partial charge on any atom is -0.379 e. The quantitative estimate of drug-likeness (QED) is 0.582. The van der Waals surface area contributed by atoms with E-state index in [2.05, 4.69) is 63.5 Å². The molecular weight excluding hydrogens is 338 g/mol. The summed E-state index contributed by atoms with van der Waals surface area (Å²) < 4.78 is 5.40. The van der Waals surface area contributed by atoms with Gasteiger partial charge in [0.25, 0.3) is 0 Å². The average Bonchev–Trinajstić information content (AvgIpc) is 2.71. The second-order valence-corrected chi connectivity index (χ2v) is 8.06. The Morgan fingerprint density at radius 3 is 2.59 bits per heavy atom. The van der Waals surface area contributed by atoms with Gasteiger partial charge in [0.2, 0.25) is 0 Å². The van der Waals surface area contributed by atoms with Crippen LogP contribution in [0.4, 0.5) is 0 Å². The fraction of sp³-hybridized carbons (Fsp3) is 0.667. The van der Waals surface area contributed by atoms with Gasteiger partial charge in [-0.2, -0.15) is 0 Å². The van der Waals surface area contributed by atoms with Gasteiger partial charge in [-0.15, -0.1) is 0 Å². The predicted molar refractivity (Wildman–Crippen MR) is 111 cm³/mol. The molecule has 1 fully saturated rings. The van der Waals surface area contributed by atoms with Gasteiger partial charge in [-0.1, -0.05) is 24.3 Å². The van der Waals surface area contributed by atoms with Crippen LogP contribution in [0.5, 0.6) is 0 Å². The summed E-state index contributed by atoms with van der Waals surface area (Å²) in [7, 11) is 1.84. The third kappa shape index (κ3) is 5.67. The normalized spacial score (nSPS) is 19.6. The van der Waals surface area contributed by atoms with Gasteiger partial charge < -0.3 is 15.4 Å². The van der Waals surface area contributed by atoms with Gasteiger partial charge in [-0.3, -0.25) is 14.8 Å². The lowest BCUT2D eigenvalue weighted by atomic mass is 9.94. The van der Waals surface area contributed by atoms with Crippen LogP contribution in [0.15, 0.2) is 29.3 Å². The number of nitrogens with one attached hydrogen (secondary N) is 2.